The molecule has 0 bridgehead atoms. The highest BCUT2D eigenvalue weighted by molar-refractivity contribution is 7.92. The van der Waals surface area contributed by atoms with E-state index in [1.165, 1.54) is 7.11 Å². The summed E-state index contributed by atoms with van der Waals surface area (Å²) in [6.45, 7) is 3.70. The predicted octanol–water partition coefficient (Wildman–Crippen LogP) is 5.40. The lowest BCUT2D eigenvalue weighted by atomic mass is 10.2. The van der Waals surface area contributed by atoms with Crippen molar-refractivity contribution in [1.29, 1.82) is 0 Å². The molecule has 0 atom stereocenters. The summed E-state index contributed by atoms with van der Waals surface area (Å²) in [5, 5.41) is 6.41. The molecule has 0 amide bonds. The maximum Gasteiger partial charge on any atom is 0.265 e. The van der Waals surface area contributed by atoms with Crippen LogP contribution in [0.1, 0.15) is 11.3 Å². The van der Waals surface area contributed by atoms with E-state index in [2.05, 4.69) is 25.3 Å². The largest absolute Gasteiger partial charge is 0.497 e. The second kappa shape index (κ2) is 10.5. The van der Waals surface area contributed by atoms with Crippen molar-refractivity contribution in [3.05, 3.63) is 84.1 Å². The first-order chi connectivity index (χ1) is 17.3. The fourth-order valence-electron chi connectivity index (χ4n) is 3.47. The molecule has 0 aliphatic rings. The number of nitrogens with zero attached hydrogens (tertiary/aromatic N) is 2. The van der Waals surface area contributed by atoms with Gasteiger partial charge in [-0.25, -0.2) is 13.4 Å². The zero-order valence-electron chi connectivity index (χ0n) is 20.4. The van der Waals surface area contributed by atoms with Gasteiger partial charge in [0, 0.05) is 28.8 Å². The molecule has 186 valence electrons. The van der Waals surface area contributed by atoms with E-state index in [4.69, 9.17) is 9.47 Å². The standard InChI is InChI=1S/C26H27N5O4S/c1-17-5-14-23(35-4)24(15-17)36(32,33)31-21-8-6-20(7-9-21)29-26-27-18(2)16-25(30-26)28-19-10-12-22(34-3)13-11-19/h5-16,31H,1-4H3,(H2,27,28,29,30). The number of ether oxygens (including phenoxy) is 2. The van der Waals surface area contributed by atoms with Crippen LogP contribution in [-0.4, -0.2) is 32.6 Å². The molecule has 0 aliphatic heterocycles. The van der Waals surface area contributed by atoms with Crippen LogP contribution in [0.5, 0.6) is 11.5 Å². The maximum absolute atomic E-state index is 12.9. The van der Waals surface area contributed by atoms with Crippen molar-refractivity contribution < 1.29 is 17.9 Å². The molecule has 0 aliphatic carbocycles. The molecule has 4 aromatic rings. The first-order valence-corrected chi connectivity index (χ1v) is 12.6. The molecule has 10 heteroatoms. The van der Waals surface area contributed by atoms with E-state index in [1.807, 2.05) is 44.2 Å². The van der Waals surface area contributed by atoms with E-state index in [1.54, 1.807) is 49.6 Å². The summed E-state index contributed by atoms with van der Waals surface area (Å²) >= 11 is 0. The van der Waals surface area contributed by atoms with Gasteiger partial charge >= 0.3 is 0 Å². The van der Waals surface area contributed by atoms with Gasteiger partial charge in [-0.3, -0.25) is 4.72 Å². The Kier molecular flexibility index (Phi) is 7.25. The minimum absolute atomic E-state index is 0.0808. The Morgan fingerprint density at radius 2 is 1.36 bits per heavy atom. The van der Waals surface area contributed by atoms with Crippen molar-refractivity contribution in [2.45, 2.75) is 18.7 Å². The number of hydrogen-bond acceptors (Lipinski definition) is 8. The molecule has 36 heavy (non-hydrogen) atoms. The Balaban J connectivity index is 1.47. The van der Waals surface area contributed by atoms with Gasteiger partial charge in [-0.2, -0.15) is 4.98 Å². The second-order valence-electron chi connectivity index (χ2n) is 8.03. The number of sulfonamides is 1. The van der Waals surface area contributed by atoms with Gasteiger partial charge < -0.3 is 20.1 Å². The van der Waals surface area contributed by atoms with Crippen molar-refractivity contribution in [2.24, 2.45) is 0 Å². The van der Waals surface area contributed by atoms with Gasteiger partial charge in [0.2, 0.25) is 5.95 Å². The number of aryl methyl sites for hydroxylation is 2. The molecule has 4 rings (SSSR count). The Hall–Kier alpha value is -4.31. The van der Waals surface area contributed by atoms with Crippen molar-refractivity contribution in [3.63, 3.8) is 0 Å². The Labute approximate surface area is 210 Å². The smallest absolute Gasteiger partial charge is 0.265 e. The summed E-state index contributed by atoms with van der Waals surface area (Å²) in [7, 11) is -0.770. The Morgan fingerprint density at radius 3 is 2.03 bits per heavy atom. The van der Waals surface area contributed by atoms with Crippen LogP contribution in [0.25, 0.3) is 0 Å². The van der Waals surface area contributed by atoms with Crippen LogP contribution in [0, 0.1) is 13.8 Å². The van der Waals surface area contributed by atoms with Crippen LogP contribution in [0.3, 0.4) is 0 Å². The van der Waals surface area contributed by atoms with Gasteiger partial charge in [-0.15, -0.1) is 0 Å². The van der Waals surface area contributed by atoms with Gasteiger partial charge in [0.05, 0.1) is 14.2 Å². The first-order valence-electron chi connectivity index (χ1n) is 11.1. The molecule has 3 aromatic carbocycles. The van der Waals surface area contributed by atoms with Gasteiger partial charge in [-0.05, 0) is 80.1 Å². The van der Waals surface area contributed by atoms with E-state index in [0.717, 1.165) is 22.7 Å². The highest BCUT2D eigenvalue weighted by Crippen LogP contribution is 2.28. The van der Waals surface area contributed by atoms with E-state index >= 15 is 0 Å². The van der Waals surface area contributed by atoms with Crippen LogP contribution in [0.2, 0.25) is 0 Å². The molecule has 0 spiro atoms. The molecule has 0 saturated carbocycles. The van der Waals surface area contributed by atoms with E-state index < -0.39 is 10.0 Å². The molecule has 0 radical (unpaired) electrons. The van der Waals surface area contributed by atoms with Crippen LogP contribution in [-0.2, 0) is 10.0 Å². The van der Waals surface area contributed by atoms with Gasteiger partial charge in [0.1, 0.15) is 22.2 Å². The van der Waals surface area contributed by atoms with Crippen molar-refractivity contribution in [3.8, 4) is 11.5 Å². The molecule has 0 saturated heterocycles. The zero-order valence-corrected chi connectivity index (χ0v) is 21.2. The molecular weight excluding hydrogens is 478 g/mol. The normalized spacial score (nSPS) is 11.0. The topological polar surface area (TPSA) is 114 Å². The highest BCUT2D eigenvalue weighted by atomic mass is 32.2. The van der Waals surface area contributed by atoms with Crippen molar-refractivity contribution >= 4 is 38.9 Å². The molecular formula is C26H27N5O4S. The lowest BCUT2D eigenvalue weighted by molar-refractivity contribution is 0.402. The SMILES string of the molecule is COc1ccc(Nc2cc(C)nc(Nc3ccc(NS(=O)(=O)c4cc(C)ccc4OC)cc3)n2)cc1. The number of rotatable bonds is 9. The number of aromatic nitrogens is 2. The second-order valence-corrected chi connectivity index (χ2v) is 9.68. The number of benzene rings is 3. The minimum atomic E-state index is -3.83. The Morgan fingerprint density at radius 1 is 0.722 bits per heavy atom. The maximum atomic E-state index is 12.9. The summed E-state index contributed by atoms with van der Waals surface area (Å²) in [6.07, 6.45) is 0. The van der Waals surface area contributed by atoms with Gasteiger partial charge in [0.25, 0.3) is 10.0 Å². The van der Waals surface area contributed by atoms with E-state index in [-0.39, 0.29) is 10.6 Å². The van der Waals surface area contributed by atoms with Crippen LogP contribution in [0.15, 0.2) is 77.7 Å². The summed E-state index contributed by atoms with van der Waals surface area (Å²) < 4.78 is 38.9. The average molecular weight is 506 g/mol. The highest BCUT2D eigenvalue weighted by Gasteiger charge is 2.20. The van der Waals surface area contributed by atoms with Crippen LogP contribution < -0.4 is 24.8 Å². The zero-order chi connectivity index (χ0) is 25.7. The van der Waals surface area contributed by atoms with Crippen molar-refractivity contribution in [2.75, 3.05) is 29.6 Å². The summed E-state index contributed by atoms with van der Waals surface area (Å²) in [6, 6.07) is 21.2. The number of methoxy groups -OCH3 is 2. The third-order valence-corrected chi connectivity index (χ3v) is 6.62. The van der Waals surface area contributed by atoms with E-state index in [0.29, 0.717) is 23.1 Å². The van der Waals surface area contributed by atoms with Crippen LogP contribution >= 0.6 is 0 Å². The third kappa shape index (κ3) is 6.02. The fourth-order valence-corrected chi connectivity index (χ4v) is 4.78. The predicted molar refractivity (Wildman–Crippen MR) is 141 cm³/mol. The summed E-state index contributed by atoms with van der Waals surface area (Å²) in [5.41, 5.74) is 3.57. The molecule has 1 aromatic heterocycles. The minimum Gasteiger partial charge on any atom is -0.497 e. The number of anilines is 5. The molecule has 0 unspecified atom stereocenters. The quantitative estimate of drug-likeness (QED) is 0.277. The summed E-state index contributed by atoms with van der Waals surface area (Å²) in [4.78, 5) is 9.05. The number of hydrogen-bond donors (Lipinski definition) is 3. The van der Waals surface area contributed by atoms with E-state index in [9.17, 15) is 8.42 Å². The van der Waals surface area contributed by atoms with Gasteiger partial charge in [0.15, 0.2) is 0 Å². The van der Waals surface area contributed by atoms with Crippen LogP contribution in [0.4, 0.5) is 28.8 Å². The molecule has 1 heterocycles. The number of nitrogens with one attached hydrogen (secondary N) is 3. The monoisotopic (exact) mass is 505 g/mol. The average Bonchev–Trinajstić information content (AvgIpc) is 2.85. The molecule has 0 fully saturated rings. The molecule has 9 nitrogen and oxygen atoms in total. The van der Waals surface area contributed by atoms with Crippen molar-refractivity contribution in [1.82, 2.24) is 9.97 Å². The van der Waals surface area contributed by atoms with Gasteiger partial charge in [-0.1, -0.05) is 6.07 Å². The lowest BCUT2D eigenvalue weighted by Crippen LogP contribution is -2.14. The molecule has 3 N–H and O–H groups in total. The first kappa shape index (κ1) is 24.8. The lowest BCUT2D eigenvalue weighted by Gasteiger charge is -2.13. The third-order valence-electron chi connectivity index (χ3n) is 5.22. The Bertz CT molecular complexity index is 1460. The fraction of sp³-hybridized carbons (Fsp3) is 0.154. The summed E-state index contributed by atoms with van der Waals surface area (Å²) in [5.74, 6) is 2.09.